The monoisotopic (exact) mass is 503 g/mol. The molecule has 2 amide bonds. The second-order valence-corrected chi connectivity index (χ2v) is 9.74. The van der Waals surface area contributed by atoms with E-state index < -0.39 is 17.5 Å². The number of aromatic amines is 1. The molecule has 10 heteroatoms. The van der Waals surface area contributed by atoms with E-state index in [9.17, 15) is 18.4 Å². The number of carbonyl (C=O) groups excluding carboxylic acids is 2. The molecule has 0 radical (unpaired) electrons. The Bertz CT molecular complexity index is 1660. The predicted molar refractivity (Wildman–Crippen MR) is 134 cm³/mol. The molecule has 5 aromatic rings. The summed E-state index contributed by atoms with van der Waals surface area (Å²) in [4.78, 5) is 36.8. The number of nitrogens with zero attached hydrogens (tertiary/aromatic N) is 2. The second kappa shape index (κ2) is 8.80. The third-order valence-electron chi connectivity index (χ3n) is 6.13. The molecule has 180 valence electrons. The van der Waals surface area contributed by atoms with E-state index in [1.165, 1.54) is 17.4 Å². The quantitative estimate of drug-likeness (QED) is 0.289. The van der Waals surface area contributed by atoms with Crippen LogP contribution in [0, 0.1) is 17.6 Å². The smallest absolute Gasteiger partial charge is 0.253 e. The highest BCUT2D eigenvalue weighted by molar-refractivity contribution is 7.22. The number of carbonyl (C=O) groups is 2. The molecule has 1 aliphatic carbocycles. The Balaban J connectivity index is 1.25. The first-order valence-corrected chi connectivity index (χ1v) is 12.2. The maximum Gasteiger partial charge on any atom is 0.253 e. The lowest BCUT2D eigenvalue weighted by Crippen LogP contribution is -2.23. The lowest BCUT2D eigenvalue weighted by atomic mass is 10.1. The molecular formula is C26H19F2N5O2S. The molecule has 0 saturated heterocycles. The Kier molecular flexibility index (Phi) is 5.45. The fourth-order valence-corrected chi connectivity index (χ4v) is 4.90. The Labute approximate surface area is 207 Å². The van der Waals surface area contributed by atoms with Crippen LogP contribution >= 0.6 is 11.3 Å². The van der Waals surface area contributed by atoms with E-state index in [0.717, 1.165) is 46.3 Å². The van der Waals surface area contributed by atoms with Gasteiger partial charge in [0.05, 0.1) is 15.8 Å². The summed E-state index contributed by atoms with van der Waals surface area (Å²) in [5, 5.41) is 6.76. The SMILES string of the molecule is O=C(NCc1ccc(F)cc1F)c1c[nH]c2ncc(-c3ccc4nc(NC(=O)C5CC5)sc4c3)cc12. The molecule has 1 saturated carbocycles. The summed E-state index contributed by atoms with van der Waals surface area (Å²) in [6.45, 7) is -0.0770. The van der Waals surface area contributed by atoms with Gasteiger partial charge >= 0.3 is 0 Å². The van der Waals surface area contributed by atoms with Gasteiger partial charge in [-0.25, -0.2) is 18.7 Å². The van der Waals surface area contributed by atoms with Crippen molar-refractivity contribution >= 4 is 49.5 Å². The summed E-state index contributed by atoms with van der Waals surface area (Å²) in [6.07, 6.45) is 5.13. The highest BCUT2D eigenvalue weighted by Crippen LogP contribution is 2.34. The van der Waals surface area contributed by atoms with E-state index in [-0.39, 0.29) is 23.9 Å². The molecule has 7 nitrogen and oxygen atoms in total. The van der Waals surface area contributed by atoms with Gasteiger partial charge in [-0.1, -0.05) is 23.5 Å². The van der Waals surface area contributed by atoms with Gasteiger partial charge in [-0.3, -0.25) is 9.59 Å². The van der Waals surface area contributed by atoms with Crippen molar-refractivity contribution in [3.8, 4) is 11.1 Å². The van der Waals surface area contributed by atoms with Crippen molar-refractivity contribution in [2.24, 2.45) is 5.92 Å². The molecule has 1 aliphatic rings. The van der Waals surface area contributed by atoms with E-state index >= 15 is 0 Å². The number of rotatable bonds is 6. The molecule has 3 aromatic heterocycles. The van der Waals surface area contributed by atoms with Crippen LogP contribution in [0.15, 0.2) is 54.9 Å². The number of halogens is 2. The number of anilines is 1. The van der Waals surface area contributed by atoms with Crippen LogP contribution in [0.3, 0.4) is 0 Å². The van der Waals surface area contributed by atoms with Gasteiger partial charge in [0.1, 0.15) is 17.3 Å². The molecule has 0 bridgehead atoms. The molecule has 0 atom stereocenters. The van der Waals surface area contributed by atoms with Gasteiger partial charge in [-0.05, 0) is 42.7 Å². The Morgan fingerprint density at radius 1 is 1.08 bits per heavy atom. The summed E-state index contributed by atoms with van der Waals surface area (Å²) < 4.78 is 28.0. The molecule has 0 spiro atoms. The van der Waals surface area contributed by atoms with Crippen LogP contribution in [-0.2, 0) is 11.3 Å². The average Bonchev–Trinajstić information content (AvgIpc) is 3.51. The van der Waals surface area contributed by atoms with Crippen LogP contribution in [0.5, 0.6) is 0 Å². The zero-order valence-electron chi connectivity index (χ0n) is 18.8. The summed E-state index contributed by atoms with van der Waals surface area (Å²) in [7, 11) is 0. The highest BCUT2D eigenvalue weighted by Gasteiger charge is 2.30. The maximum atomic E-state index is 13.9. The van der Waals surface area contributed by atoms with E-state index in [0.29, 0.717) is 21.7 Å². The summed E-state index contributed by atoms with van der Waals surface area (Å²) in [5.41, 5.74) is 3.58. The summed E-state index contributed by atoms with van der Waals surface area (Å²) in [6, 6.07) is 10.9. The minimum Gasteiger partial charge on any atom is -0.348 e. The van der Waals surface area contributed by atoms with Gasteiger partial charge in [-0.15, -0.1) is 0 Å². The lowest BCUT2D eigenvalue weighted by Gasteiger charge is -2.07. The predicted octanol–water partition coefficient (Wildman–Crippen LogP) is 5.40. The van der Waals surface area contributed by atoms with Gasteiger partial charge < -0.3 is 15.6 Å². The average molecular weight is 504 g/mol. The molecule has 3 N–H and O–H groups in total. The first-order chi connectivity index (χ1) is 17.4. The van der Waals surface area contributed by atoms with Crippen molar-refractivity contribution in [2.45, 2.75) is 19.4 Å². The Morgan fingerprint density at radius 3 is 2.75 bits per heavy atom. The summed E-state index contributed by atoms with van der Waals surface area (Å²) in [5.74, 6) is -1.67. The van der Waals surface area contributed by atoms with E-state index in [4.69, 9.17) is 0 Å². The molecule has 2 aromatic carbocycles. The number of pyridine rings is 1. The van der Waals surface area contributed by atoms with Crippen molar-refractivity contribution in [3.63, 3.8) is 0 Å². The first kappa shape index (κ1) is 22.3. The van der Waals surface area contributed by atoms with Crippen molar-refractivity contribution in [1.82, 2.24) is 20.3 Å². The fourth-order valence-electron chi connectivity index (χ4n) is 4.00. The number of thiazole rings is 1. The van der Waals surface area contributed by atoms with Crippen molar-refractivity contribution < 1.29 is 18.4 Å². The number of aromatic nitrogens is 3. The third kappa shape index (κ3) is 4.31. The number of hydrogen-bond donors (Lipinski definition) is 3. The standard InChI is InChI=1S/C26H19F2N5O2S/c27-17-5-3-15(20(28)9-17)10-31-25(35)19-12-30-23-18(19)7-16(11-29-23)14-4-6-21-22(8-14)36-26(32-21)33-24(34)13-1-2-13/h3-9,11-13H,1-2,10H2,(H,29,30)(H,31,35)(H,32,33,34). The normalized spacial score (nSPS) is 13.3. The van der Waals surface area contributed by atoms with E-state index in [1.54, 1.807) is 12.4 Å². The number of hydrogen-bond acceptors (Lipinski definition) is 5. The van der Waals surface area contributed by atoms with Crippen molar-refractivity contribution in [3.05, 3.63) is 77.6 Å². The van der Waals surface area contributed by atoms with Crippen LogP contribution in [0.25, 0.3) is 32.4 Å². The van der Waals surface area contributed by atoms with Gasteiger partial charge in [0, 0.05) is 47.4 Å². The van der Waals surface area contributed by atoms with Crippen LogP contribution in [0.1, 0.15) is 28.8 Å². The molecule has 1 fully saturated rings. The fraction of sp³-hybridized carbons (Fsp3) is 0.154. The molecular weight excluding hydrogens is 484 g/mol. The second-order valence-electron chi connectivity index (χ2n) is 8.71. The third-order valence-corrected chi connectivity index (χ3v) is 7.06. The molecule has 6 rings (SSSR count). The Morgan fingerprint density at radius 2 is 1.94 bits per heavy atom. The van der Waals surface area contributed by atoms with Gasteiger partial charge in [-0.2, -0.15) is 0 Å². The first-order valence-electron chi connectivity index (χ1n) is 11.4. The van der Waals surface area contributed by atoms with E-state index in [2.05, 4.69) is 25.6 Å². The van der Waals surface area contributed by atoms with Gasteiger partial charge in [0.25, 0.3) is 5.91 Å². The van der Waals surface area contributed by atoms with Crippen molar-refractivity contribution in [2.75, 3.05) is 5.32 Å². The number of fused-ring (bicyclic) bond motifs is 2. The zero-order chi connectivity index (χ0) is 24.8. The number of benzene rings is 2. The zero-order valence-corrected chi connectivity index (χ0v) is 19.6. The largest absolute Gasteiger partial charge is 0.348 e. The molecule has 0 aliphatic heterocycles. The van der Waals surface area contributed by atoms with Crippen LogP contribution < -0.4 is 10.6 Å². The molecule has 36 heavy (non-hydrogen) atoms. The number of H-pyrrole nitrogens is 1. The van der Waals surface area contributed by atoms with Gasteiger partial charge in [0.2, 0.25) is 5.91 Å². The van der Waals surface area contributed by atoms with Gasteiger partial charge in [0.15, 0.2) is 5.13 Å². The minimum atomic E-state index is -0.716. The van der Waals surface area contributed by atoms with Crippen molar-refractivity contribution in [1.29, 1.82) is 0 Å². The van der Waals surface area contributed by atoms with Crippen LogP contribution in [0.2, 0.25) is 0 Å². The van der Waals surface area contributed by atoms with Crippen LogP contribution in [0.4, 0.5) is 13.9 Å². The summed E-state index contributed by atoms with van der Waals surface area (Å²) >= 11 is 1.41. The maximum absolute atomic E-state index is 13.9. The highest BCUT2D eigenvalue weighted by atomic mass is 32.1. The number of amides is 2. The topological polar surface area (TPSA) is 99.8 Å². The van der Waals surface area contributed by atoms with Crippen LogP contribution in [-0.4, -0.2) is 26.8 Å². The molecule has 0 unspecified atom stereocenters. The number of nitrogens with one attached hydrogen (secondary N) is 3. The van der Waals surface area contributed by atoms with E-state index in [1.807, 2.05) is 24.3 Å². The Hall–Kier alpha value is -4.18. The lowest BCUT2D eigenvalue weighted by molar-refractivity contribution is -0.117. The minimum absolute atomic E-state index is 0.0179. The molecule has 3 heterocycles.